The Kier molecular flexibility index (Phi) is 19.8. The van der Waals surface area contributed by atoms with E-state index in [9.17, 15) is 33.6 Å². The second-order valence-electron chi connectivity index (χ2n) is 8.62. The van der Waals surface area contributed by atoms with Crippen molar-refractivity contribution in [2.45, 2.75) is 31.7 Å². The predicted octanol–water partition coefficient (Wildman–Crippen LogP) is -3.99. The number of amides is 7. The first-order chi connectivity index (χ1) is 20.7. The van der Waals surface area contributed by atoms with Crippen molar-refractivity contribution >= 4 is 41.4 Å². The fourth-order valence-electron chi connectivity index (χ4n) is 3.08. The lowest BCUT2D eigenvalue weighted by Gasteiger charge is -2.19. The van der Waals surface area contributed by atoms with Gasteiger partial charge in [-0.25, -0.2) is 4.84 Å². The van der Waals surface area contributed by atoms with Crippen molar-refractivity contribution in [3.63, 3.8) is 0 Å². The molecular weight excluding hydrogens is 580 g/mol. The lowest BCUT2D eigenvalue weighted by Crippen LogP contribution is -2.50. The van der Waals surface area contributed by atoms with E-state index in [0.717, 1.165) is 0 Å². The Morgan fingerprint density at radius 2 is 1.28 bits per heavy atom. The van der Waals surface area contributed by atoms with Gasteiger partial charge in [-0.05, 0) is 6.42 Å². The van der Waals surface area contributed by atoms with Crippen LogP contribution >= 0.6 is 0 Å². The summed E-state index contributed by atoms with van der Waals surface area (Å²) in [5.41, 5.74) is 0. The topological polar surface area (TPSA) is 238 Å². The van der Waals surface area contributed by atoms with Crippen molar-refractivity contribution in [2.24, 2.45) is 0 Å². The first-order valence-corrected chi connectivity index (χ1v) is 13.2. The van der Waals surface area contributed by atoms with Gasteiger partial charge in [0.2, 0.25) is 29.5 Å². The zero-order chi connectivity index (χ0) is 31.9. The number of rotatable bonds is 24. The summed E-state index contributed by atoms with van der Waals surface area (Å²) in [6.07, 6.45) is -0.439. The quantitative estimate of drug-likeness (QED) is 0.0393. The monoisotopic (exact) mass is 620 g/mol. The summed E-state index contributed by atoms with van der Waals surface area (Å²) >= 11 is 0. The number of hydroxylamine groups is 2. The van der Waals surface area contributed by atoms with Gasteiger partial charge in [0.1, 0.15) is 26.1 Å². The number of ether oxygens (including phenoxy) is 5. The van der Waals surface area contributed by atoms with E-state index in [2.05, 4.69) is 26.6 Å². The normalized spacial score (nSPS) is 13.4. The van der Waals surface area contributed by atoms with Crippen LogP contribution in [0.2, 0.25) is 0 Å². The molecule has 1 atom stereocenters. The Balaban J connectivity index is 2.52. The standard InChI is InChI=1S/C24H40N6O13/c1-38-7-9-40-14-27-19(32)11-25-18(31)4-3-17(24(37)26-12-20(33)28-15-41-10-8-39-2)29-21(34)13-42-16-43-30-22(35)5-6-23(30)36/h17H,3-16H2,1-2H3,(H,25,31)(H,26,37)(H,27,32)(H,28,33)(H,29,34). The van der Waals surface area contributed by atoms with E-state index in [-0.39, 0.29) is 58.9 Å². The number of hydrogen-bond donors (Lipinski definition) is 5. The maximum absolute atomic E-state index is 12.7. The molecule has 0 saturated carbocycles. The zero-order valence-electron chi connectivity index (χ0n) is 24.2. The van der Waals surface area contributed by atoms with Crippen molar-refractivity contribution in [3.8, 4) is 0 Å². The molecule has 0 radical (unpaired) electrons. The van der Waals surface area contributed by atoms with Gasteiger partial charge in [-0.15, -0.1) is 0 Å². The van der Waals surface area contributed by atoms with E-state index in [0.29, 0.717) is 18.3 Å². The summed E-state index contributed by atoms with van der Waals surface area (Å²) in [6, 6.07) is -1.27. The zero-order valence-corrected chi connectivity index (χ0v) is 24.2. The molecule has 1 saturated heterocycles. The number of methoxy groups -OCH3 is 2. The maximum atomic E-state index is 12.7. The third-order valence-electron chi connectivity index (χ3n) is 5.29. The van der Waals surface area contributed by atoms with E-state index in [1.807, 2.05) is 0 Å². The van der Waals surface area contributed by atoms with Crippen molar-refractivity contribution in [3.05, 3.63) is 0 Å². The first-order valence-electron chi connectivity index (χ1n) is 13.2. The van der Waals surface area contributed by atoms with Gasteiger partial charge >= 0.3 is 0 Å². The molecule has 43 heavy (non-hydrogen) atoms. The van der Waals surface area contributed by atoms with Crippen molar-refractivity contribution in [1.82, 2.24) is 31.6 Å². The molecule has 1 aliphatic heterocycles. The van der Waals surface area contributed by atoms with E-state index < -0.39 is 67.3 Å². The number of imide groups is 1. The van der Waals surface area contributed by atoms with Crippen LogP contribution in [0.25, 0.3) is 0 Å². The summed E-state index contributed by atoms with van der Waals surface area (Å²) < 4.78 is 24.8. The third-order valence-corrected chi connectivity index (χ3v) is 5.29. The van der Waals surface area contributed by atoms with E-state index in [4.69, 9.17) is 28.5 Å². The number of carbonyl (C=O) groups is 7. The minimum absolute atomic E-state index is 0.0104. The predicted molar refractivity (Wildman–Crippen MR) is 142 cm³/mol. The highest BCUT2D eigenvalue weighted by Gasteiger charge is 2.30. The van der Waals surface area contributed by atoms with Gasteiger partial charge in [0, 0.05) is 33.5 Å². The summed E-state index contributed by atoms with van der Waals surface area (Å²) in [5.74, 6) is -4.30. The van der Waals surface area contributed by atoms with Crippen LogP contribution in [0.1, 0.15) is 25.7 Å². The van der Waals surface area contributed by atoms with E-state index in [1.54, 1.807) is 0 Å². The number of nitrogens with zero attached hydrogens (tertiary/aromatic N) is 1. The van der Waals surface area contributed by atoms with Gasteiger partial charge in [0.25, 0.3) is 11.8 Å². The summed E-state index contributed by atoms with van der Waals surface area (Å²) in [4.78, 5) is 89.1. The van der Waals surface area contributed by atoms with E-state index >= 15 is 0 Å². The van der Waals surface area contributed by atoms with Gasteiger partial charge < -0.3 is 50.3 Å². The first kappa shape index (κ1) is 37.3. The maximum Gasteiger partial charge on any atom is 0.254 e. The number of hydrogen-bond acceptors (Lipinski definition) is 13. The molecule has 1 unspecified atom stereocenters. The van der Waals surface area contributed by atoms with Gasteiger partial charge in [0.05, 0.1) is 39.5 Å². The van der Waals surface area contributed by atoms with Gasteiger partial charge in [-0.1, -0.05) is 0 Å². The van der Waals surface area contributed by atoms with Crippen LogP contribution in [-0.4, -0.2) is 133 Å². The lowest BCUT2D eigenvalue weighted by molar-refractivity contribution is -0.216. The second kappa shape index (κ2) is 22.8. The summed E-state index contributed by atoms with van der Waals surface area (Å²) in [5, 5.41) is 12.5. The molecular formula is C24H40N6O13. The minimum Gasteiger partial charge on any atom is -0.382 e. The largest absolute Gasteiger partial charge is 0.382 e. The van der Waals surface area contributed by atoms with Crippen LogP contribution in [0.5, 0.6) is 0 Å². The number of nitrogens with one attached hydrogen (secondary N) is 5. The molecule has 1 heterocycles. The highest BCUT2D eigenvalue weighted by Crippen LogP contribution is 2.11. The smallest absolute Gasteiger partial charge is 0.254 e. The summed E-state index contributed by atoms with van der Waals surface area (Å²) in [7, 11) is 3.00. The lowest BCUT2D eigenvalue weighted by atomic mass is 10.1. The number of carbonyl (C=O) groups excluding carboxylic acids is 7. The Labute approximate surface area is 247 Å². The fraction of sp³-hybridized carbons (Fsp3) is 0.708. The van der Waals surface area contributed by atoms with Crippen LogP contribution in [0.4, 0.5) is 0 Å². The molecule has 0 aromatic rings. The minimum atomic E-state index is -1.27. The molecule has 0 bridgehead atoms. The van der Waals surface area contributed by atoms with Crippen molar-refractivity contribution < 1.29 is 62.1 Å². The molecule has 1 rings (SSSR count). The molecule has 19 heteroatoms. The Morgan fingerprint density at radius 3 is 1.84 bits per heavy atom. The van der Waals surface area contributed by atoms with Crippen LogP contribution < -0.4 is 26.6 Å². The van der Waals surface area contributed by atoms with Gasteiger partial charge in [0.15, 0.2) is 6.79 Å². The average Bonchev–Trinajstić information content (AvgIpc) is 3.31. The highest BCUT2D eigenvalue weighted by atomic mass is 16.8. The molecule has 0 aromatic carbocycles. The van der Waals surface area contributed by atoms with Gasteiger partial charge in [-0.3, -0.25) is 33.6 Å². The highest BCUT2D eigenvalue weighted by molar-refractivity contribution is 6.00. The Hall–Kier alpha value is -3.75. The van der Waals surface area contributed by atoms with Crippen LogP contribution in [-0.2, 0) is 62.1 Å². The van der Waals surface area contributed by atoms with Crippen molar-refractivity contribution in [1.29, 1.82) is 0 Å². The Bertz CT molecular complexity index is 919. The third kappa shape index (κ3) is 17.7. The van der Waals surface area contributed by atoms with Crippen LogP contribution in [0.3, 0.4) is 0 Å². The molecule has 7 amide bonds. The van der Waals surface area contributed by atoms with E-state index in [1.165, 1.54) is 14.2 Å². The molecule has 0 aromatic heterocycles. The van der Waals surface area contributed by atoms with Crippen molar-refractivity contribution in [2.75, 3.05) is 80.6 Å². The SMILES string of the molecule is COCCOCNC(=O)CNC(=O)CCC(NC(=O)COCON1C(=O)CCC1=O)C(=O)NCC(=O)NCOCCOC. The summed E-state index contributed by atoms with van der Waals surface area (Å²) in [6.45, 7) is -0.964. The average molecular weight is 621 g/mol. The molecule has 0 spiro atoms. The molecule has 1 fully saturated rings. The van der Waals surface area contributed by atoms with Crippen LogP contribution in [0, 0.1) is 0 Å². The van der Waals surface area contributed by atoms with Gasteiger partial charge in [-0.2, -0.15) is 5.06 Å². The molecule has 19 nitrogen and oxygen atoms in total. The Morgan fingerprint density at radius 1 is 0.721 bits per heavy atom. The molecule has 244 valence electrons. The molecule has 1 aliphatic rings. The molecule has 5 N–H and O–H groups in total. The second-order valence-corrected chi connectivity index (χ2v) is 8.62. The molecule has 0 aliphatic carbocycles. The van der Waals surface area contributed by atoms with Crippen LogP contribution in [0.15, 0.2) is 0 Å². The fourth-order valence-corrected chi connectivity index (χ4v) is 3.08.